The van der Waals surface area contributed by atoms with Crippen molar-refractivity contribution in [1.82, 2.24) is 14.9 Å². The maximum absolute atomic E-state index is 12.1. The van der Waals surface area contributed by atoms with Crippen molar-refractivity contribution in [3.63, 3.8) is 0 Å². The second kappa shape index (κ2) is 6.22. The van der Waals surface area contributed by atoms with E-state index < -0.39 is 5.60 Å². The van der Waals surface area contributed by atoms with E-state index in [1.807, 2.05) is 26.8 Å². The molecule has 1 aromatic rings. The van der Waals surface area contributed by atoms with Crippen LogP contribution in [0.2, 0.25) is 0 Å². The van der Waals surface area contributed by atoms with Gasteiger partial charge >= 0.3 is 6.09 Å². The van der Waals surface area contributed by atoms with Crippen molar-refractivity contribution in [1.29, 1.82) is 0 Å². The van der Waals surface area contributed by atoms with Crippen LogP contribution >= 0.6 is 0 Å². The number of ether oxygens (including phenoxy) is 1. The van der Waals surface area contributed by atoms with Gasteiger partial charge in [-0.2, -0.15) is 0 Å². The van der Waals surface area contributed by atoms with Crippen LogP contribution in [0.15, 0.2) is 12.4 Å². The fourth-order valence-electron chi connectivity index (χ4n) is 2.53. The third-order valence-corrected chi connectivity index (χ3v) is 3.79. The molecule has 0 bridgehead atoms. The Hall–Kier alpha value is -2.05. The Morgan fingerprint density at radius 2 is 1.83 bits per heavy atom. The Kier molecular flexibility index (Phi) is 4.28. The second-order valence-corrected chi connectivity index (χ2v) is 7.26. The van der Waals surface area contributed by atoms with Gasteiger partial charge in [0.2, 0.25) is 0 Å². The first kappa shape index (κ1) is 15.8. The quantitative estimate of drug-likeness (QED) is 0.887. The van der Waals surface area contributed by atoms with Crippen LogP contribution in [0.25, 0.3) is 0 Å². The Morgan fingerprint density at radius 1 is 1.17 bits per heavy atom. The fraction of sp³-hybridized carbons (Fsp3) is 0.688. The molecule has 1 saturated carbocycles. The lowest BCUT2D eigenvalue weighted by Gasteiger charge is -2.24. The van der Waals surface area contributed by atoms with Crippen LogP contribution < -0.4 is 10.6 Å². The van der Waals surface area contributed by atoms with Crippen molar-refractivity contribution in [3.05, 3.63) is 12.4 Å². The summed E-state index contributed by atoms with van der Waals surface area (Å²) >= 11 is 0. The minimum Gasteiger partial charge on any atom is -0.444 e. The summed E-state index contributed by atoms with van der Waals surface area (Å²) in [6.45, 7) is 6.97. The first-order valence-electron chi connectivity index (χ1n) is 8.22. The number of nitrogens with zero attached hydrogens (tertiary/aromatic N) is 3. The molecular formula is C16H25N5O2. The molecule has 126 valence electrons. The average Bonchev–Trinajstić information content (AvgIpc) is 3.13. The predicted molar refractivity (Wildman–Crippen MR) is 88.5 cm³/mol. The standard InChI is InChI=1S/C16H25N5O2/c1-16(2,3)23-15(22)21-7-6-12(9-21)20-14-8-13(17-10-18-14)19-11-4-5-11/h8,10-12H,4-7,9H2,1-3H3,(H2,17,18,19,20)/t12-/m1/s1. The number of amides is 1. The van der Waals surface area contributed by atoms with E-state index in [0.29, 0.717) is 19.1 Å². The molecular weight excluding hydrogens is 294 g/mol. The van der Waals surface area contributed by atoms with Gasteiger partial charge in [0.1, 0.15) is 23.6 Å². The van der Waals surface area contributed by atoms with Crippen LogP contribution in [0.3, 0.4) is 0 Å². The van der Waals surface area contributed by atoms with Crippen molar-refractivity contribution in [2.45, 2.75) is 57.7 Å². The topological polar surface area (TPSA) is 79.4 Å². The van der Waals surface area contributed by atoms with E-state index in [0.717, 1.165) is 18.1 Å². The number of likely N-dealkylation sites (tertiary alicyclic amines) is 1. The fourth-order valence-corrected chi connectivity index (χ4v) is 2.53. The molecule has 2 aliphatic rings. The van der Waals surface area contributed by atoms with Crippen molar-refractivity contribution < 1.29 is 9.53 Å². The molecule has 7 heteroatoms. The lowest BCUT2D eigenvalue weighted by molar-refractivity contribution is 0.0293. The summed E-state index contributed by atoms with van der Waals surface area (Å²) in [6, 6.07) is 2.67. The van der Waals surface area contributed by atoms with Gasteiger partial charge in [-0.15, -0.1) is 0 Å². The predicted octanol–water partition coefficient (Wildman–Crippen LogP) is 2.47. The van der Waals surface area contributed by atoms with Gasteiger partial charge in [-0.1, -0.05) is 0 Å². The summed E-state index contributed by atoms with van der Waals surface area (Å²) < 4.78 is 5.41. The Morgan fingerprint density at radius 3 is 2.43 bits per heavy atom. The average molecular weight is 319 g/mol. The first-order chi connectivity index (χ1) is 10.9. The molecule has 0 unspecified atom stereocenters. The van der Waals surface area contributed by atoms with Gasteiger partial charge in [-0.05, 0) is 40.0 Å². The number of rotatable bonds is 4. The third-order valence-electron chi connectivity index (χ3n) is 3.79. The van der Waals surface area contributed by atoms with E-state index in [1.54, 1.807) is 11.2 Å². The van der Waals surface area contributed by atoms with E-state index in [9.17, 15) is 4.79 Å². The highest BCUT2D eigenvalue weighted by Gasteiger charge is 2.30. The van der Waals surface area contributed by atoms with Crippen LogP contribution in [0.5, 0.6) is 0 Å². The summed E-state index contributed by atoms with van der Waals surface area (Å²) in [4.78, 5) is 22.3. The van der Waals surface area contributed by atoms with Crippen molar-refractivity contribution in [3.8, 4) is 0 Å². The zero-order valence-electron chi connectivity index (χ0n) is 14.0. The number of carbonyl (C=O) groups is 1. The highest BCUT2D eigenvalue weighted by Crippen LogP contribution is 2.24. The molecule has 3 rings (SSSR count). The van der Waals surface area contributed by atoms with Crippen molar-refractivity contribution in [2.75, 3.05) is 23.7 Å². The van der Waals surface area contributed by atoms with Crippen LogP contribution in [0, 0.1) is 0 Å². The van der Waals surface area contributed by atoms with E-state index >= 15 is 0 Å². The molecule has 23 heavy (non-hydrogen) atoms. The summed E-state index contributed by atoms with van der Waals surface area (Å²) in [5.74, 6) is 1.64. The zero-order valence-corrected chi connectivity index (χ0v) is 14.0. The lowest BCUT2D eigenvalue weighted by Crippen LogP contribution is -2.36. The maximum atomic E-state index is 12.1. The van der Waals surface area contributed by atoms with Gasteiger partial charge in [0.15, 0.2) is 0 Å². The lowest BCUT2D eigenvalue weighted by atomic mass is 10.2. The van der Waals surface area contributed by atoms with E-state index in [-0.39, 0.29) is 12.1 Å². The highest BCUT2D eigenvalue weighted by atomic mass is 16.6. The minimum atomic E-state index is -0.460. The van der Waals surface area contributed by atoms with Crippen LogP contribution in [0.1, 0.15) is 40.0 Å². The monoisotopic (exact) mass is 319 g/mol. The highest BCUT2D eigenvalue weighted by molar-refractivity contribution is 5.68. The minimum absolute atomic E-state index is 0.186. The molecule has 1 saturated heterocycles. The number of nitrogens with one attached hydrogen (secondary N) is 2. The van der Waals surface area contributed by atoms with E-state index in [1.165, 1.54) is 12.8 Å². The van der Waals surface area contributed by atoms with Crippen molar-refractivity contribution in [2.24, 2.45) is 0 Å². The van der Waals surface area contributed by atoms with Gasteiger partial charge in [0.25, 0.3) is 0 Å². The third kappa shape index (κ3) is 4.71. The van der Waals surface area contributed by atoms with Gasteiger partial charge in [-0.25, -0.2) is 14.8 Å². The van der Waals surface area contributed by atoms with Crippen LogP contribution in [-0.4, -0.2) is 51.7 Å². The Bertz CT molecular complexity index is 568. The SMILES string of the molecule is CC(C)(C)OC(=O)N1CC[C@@H](Nc2cc(NC3CC3)ncn2)C1. The van der Waals surface area contributed by atoms with E-state index in [4.69, 9.17) is 4.74 Å². The summed E-state index contributed by atoms with van der Waals surface area (Å²) in [5.41, 5.74) is -0.460. The van der Waals surface area contributed by atoms with Crippen LogP contribution in [-0.2, 0) is 4.74 Å². The number of anilines is 2. The summed E-state index contributed by atoms with van der Waals surface area (Å²) in [5, 5.41) is 6.74. The van der Waals surface area contributed by atoms with Gasteiger partial charge in [0, 0.05) is 31.2 Å². The molecule has 2 heterocycles. The molecule has 0 aromatic carbocycles. The number of aromatic nitrogens is 2. The van der Waals surface area contributed by atoms with Gasteiger partial charge in [0.05, 0.1) is 0 Å². The Balaban J connectivity index is 1.52. The van der Waals surface area contributed by atoms with Crippen molar-refractivity contribution >= 4 is 17.7 Å². The summed E-state index contributed by atoms with van der Waals surface area (Å²) in [7, 11) is 0. The number of hydrogen-bond donors (Lipinski definition) is 2. The molecule has 1 amide bonds. The molecule has 1 atom stereocenters. The molecule has 2 fully saturated rings. The smallest absolute Gasteiger partial charge is 0.410 e. The molecule has 2 N–H and O–H groups in total. The second-order valence-electron chi connectivity index (χ2n) is 7.26. The first-order valence-corrected chi connectivity index (χ1v) is 8.22. The van der Waals surface area contributed by atoms with Crippen LogP contribution in [0.4, 0.5) is 16.4 Å². The summed E-state index contributed by atoms with van der Waals surface area (Å²) in [6.07, 6.45) is 4.61. The van der Waals surface area contributed by atoms with Gasteiger partial charge < -0.3 is 20.3 Å². The molecule has 7 nitrogen and oxygen atoms in total. The Labute approximate surface area is 136 Å². The largest absolute Gasteiger partial charge is 0.444 e. The molecule has 1 aliphatic heterocycles. The number of hydrogen-bond acceptors (Lipinski definition) is 6. The molecule has 0 spiro atoms. The van der Waals surface area contributed by atoms with Gasteiger partial charge in [-0.3, -0.25) is 0 Å². The maximum Gasteiger partial charge on any atom is 0.410 e. The molecule has 1 aliphatic carbocycles. The normalized spacial score (nSPS) is 21.2. The zero-order chi connectivity index (χ0) is 16.4. The molecule has 1 aromatic heterocycles. The van der Waals surface area contributed by atoms with E-state index in [2.05, 4.69) is 20.6 Å². The molecule has 0 radical (unpaired) electrons. The number of carbonyl (C=O) groups excluding carboxylic acids is 1.